The number of fused-ring (bicyclic) bond motifs is 1. The maximum Gasteiger partial charge on any atom is 0.152 e. The number of aldehydes is 1. The molecule has 0 saturated carbocycles. The van der Waals surface area contributed by atoms with Gasteiger partial charge in [0, 0.05) is 39.3 Å². The maximum absolute atomic E-state index is 11.2. The molecular weight excluding hydrogens is 293 g/mol. The predicted molar refractivity (Wildman–Crippen MR) is 82.9 cm³/mol. The second-order valence-corrected chi connectivity index (χ2v) is 5.49. The zero-order chi connectivity index (χ0) is 14.1. The van der Waals surface area contributed by atoms with Gasteiger partial charge in [-0.1, -0.05) is 35.3 Å². The highest BCUT2D eigenvalue weighted by Gasteiger charge is 2.09. The van der Waals surface area contributed by atoms with Crippen molar-refractivity contribution < 1.29 is 4.79 Å². The molecule has 100 valence electrons. The molecule has 20 heavy (non-hydrogen) atoms. The highest BCUT2D eigenvalue weighted by molar-refractivity contribution is 6.31. The van der Waals surface area contributed by atoms with Gasteiger partial charge in [0.2, 0.25) is 0 Å². The number of carbonyl (C=O) groups is 1. The molecule has 0 saturated heterocycles. The van der Waals surface area contributed by atoms with Crippen LogP contribution in [0.2, 0.25) is 10.0 Å². The summed E-state index contributed by atoms with van der Waals surface area (Å²) in [7, 11) is 0. The Labute approximate surface area is 126 Å². The van der Waals surface area contributed by atoms with Gasteiger partial charge in [-0.05, 0) is 35.9 Å². The van der Waals surface area contributed by atoms with Crippen LogP contribution in [0.3, 0.4) is 0 Å². The van der Waals surface area contributed by atoms with E-state index in [1.807, 2.05) is 53.2 Å². The molecular formula is C16H11Cl2NO. The zero-order valence-electron chi connectivity index (χ0n) is 10.5. The maximum atomic E-state index is 11.2. The Morgan fingerprint density at radius 3 is 2.60 bits per heavy atom. The van der Waals surface area contributed by atoms with E-state index in [-0.39, 0.29) is 0 Å². The monoisotopic (exact) mass is 303 g/mol. The fourth-order valence-corrected chi connectivity index (χ4v) is 2.74. The molecule has 2 aromatic carbocycles. The van der Waals surface area contributed by atoms with Gasteiger partial charge in [-0.3, -0.25) is 4.79 Å². The lowest BCUT2D eigenvalue weighted by atomic mass is 10.2. The highest BCUT2D eigenvalue weighted by atomic mass is 35.5. The summed E-state index contributed by atoms with van der Waals surface area (Å²) in [5.74, 6) is 0. The van der Waals surface area contributed by atoms with Crippen molar-refractivity contribution in [3.05, 3.63) is 69.8 Å². The lowest BCUT2D eigenvalue weighted by molar-refractivity contribution is 0.112. The van der Waals surface area contributed by atoms with Crippen LogP contribution in [0.25, 0.3) is 10.9 Å². The summed E-state index contributed by atoms with van der Waals surface area (Å²) in [6.07, 6.45) is 2.70. The molecule has 0 atom stereocenters. The number of rotatable bonds is 3. The second kappa shape index (κ2) is 5.31. The number of benzene rings is 2. The summed E-state index contributed by atoms with van der Waals surface area (Å²) in [4.78, 5) is 11.2. The van der Waals surface area contributed by atoms with Gasteiger partial charge < -0.3 is 4.57 Å². The molecule has 0 amide bonds. The van der Waals surface area contributed by atoms with Gasteiger partial charge in [-0.2, -0.15) is 0 Å². The van der Waals surface area contributed by atoms with Gasteiger partial charge in [0.1, 0.15) is 0 Å². The van der Waals surface area contributed by atoms with E-state index in [1.165, 1.54) is 0 Å². The van der Waals surface area contributed by atoms with E-state index in [0.29, 0.717) is 22.2 Å². The van der Waals surface area contributed by atoms with E-state index >= 15 is 0 Å². The fraction of sp³-hybridized carbons (Fsp3) is 0.0625. The molecule has 0 aliphatic heterocycles. The zero-order valence-corrected chi connectivity index (χ0v) is 12.0. The molecule has 1 heterocycles. The van der Waals surface area contributed by atoms with Crippen LogP contribution in [0, 0.1) is 0 Å². The van der Waals surface area contributed by atoms with Gasteiger partial charge in [-0.15, -0.1) is 0 Å². The molecule has 3 rings (SSSR count). The first-order chi connectivity index (χ1) is 9.67. The molecule has 0 bridgehead atoms. The minimum absolute atomic E-state index is 0.626. The Bertz CT molecular complexity index is 792. The summed E-state index contributed by atoms with van der Waals surface area (Å²) in [5.41, 5.74) is 2.71. The third-order valence-corrected chi connectivity index (χ3v) is 3.71. The Balaban J connectivity index is 2.10. The molecule has 3 aromatic rings. The minimum Gasteiger partial charge on any atom is -0.342 e. The molecule has 0 fully saturated rings. The standard InChI is InChI=1S/C16H11Cl2NO/c17-13-3-1-2-11(6-13)8-19-9-12(10-20)15-7-14(18)4-5-16(15)19/h1-7,9-10H,8H2. The SMILES string of the molecule is O=Cc1cn(Cc2cccc(Cl)c2)c2ccc(Cl)cc12. The van der Waals surface area contributed by atoms with Crippen molar-refractivity contribution in [1.82, 2.24) is 4.57 Å². The van der Waals surface area contributed by atoms with Crippen LogP contribution in [0.15, 0.2) is 48.7 Å². The summed E-state index contributed by atoms with van der Waals surface area (Å²) in [6, 6.07) is 13.3. The lowest BCUT2D eigenvalue weighted by Gasteiger charge is -2.06. The van der Waals surface area contributed by atoms with Crippen molar-refractivity contribution >= 4 is 40.4 Å². The van der Waals surface area contributed by atoms with Gasteiger partial charge >= 0.3 is 0 Å². The summed E-state index contributed by atoms with van der Waals surface area (Å²) in [5, 5.41) is 2.20. The number of hydrogen-bond acceptors (Lipinski definition) is 1. The highest BCUT2D eigenvalue weighted by Crippen LogP contribution is 2.25. The van der Waals surface area contributed by atoms with Crippen molar-refractivity contribution in [3.8, 4) is 0 Å². The van der Waals surface area contributed by atoms with E-state index in [2.05, 4.69) is 0 Å². The van der Waals surface area contributed by atoms with Crippen LogP contribution in [0.5, 0.6) is 0 Å². The summed E-state index contributed by atoms with van der Waals surface area (Å²) in [6.45, 7) is 0.659. The Morgan fingerprint density at radius 2 is 1.85 bits per heavy atom. The normalized spacial score (nSPS) is 10.9. The number of carbonyl (C=O) groups excluding carboxylic acids is 1. The molecule has 4 heteroatoms. The van der Waals surface area contributed by atoms with Crippen LogP contribution in [-0.2, 0) is 6.54 Å². The average Bonchev–Trinajstić information content (AvgIpc) is 2.76. The number of halogens is 2. The smallest absolute Gasteiger partial charge is 0.152 e. The van der Waals surface area contributed by atoms with Crippen molar-refractivity contribution in [2.75, 3.05) is 0 Å². The van der Waals surface area contributed by atoms with Crippen molar-refractivity contribution in [3.63, 3.8) is 0 Å². The summed E-state index contributed by atoms with van der Waals surface area (Å²) >= 11 is 12.0. The van der Waals surface area contributed by atoms with Crippen molar-refractivity contribution in [2.45, 2.75) is 6.54 Å². The molecule has 0 radical (unpaired) electrons. The third kappa shape index (κ3) is 2.45. The molecule has 0 N–H and O–H groups in total. The second-order valence-electron chi connectivity index (χ2n) is 4.62. The lowest BCUT2D eigenvalue weighted by Crippen LogP contribution is -1.97. The van der Waals surface area contributed by atoms with E-state index in [9.17, 15) is 4.79 Å². The van der Waals surface area contributed by atoms with Crippen LogP contribution < -0.4 is 0 Å². The first-order valence-electron chi connectivity index (χ1n) is 6.15. The molecule has 1 aromatic heterocycles. The van der Waals surface area contributed by atoms with Gasteiger partial charge in [-0.25, -0.2) is 0 Å². The first-order valence-corrected chi connectivity index (χ1v) is 6.91. The quantitative estimate of drug-likeness (QED) is 0.636. The van der Waals surface area contributed by atoms with Crippen molar-refractivity contribution in [1.29, 1.82) is 0 Å². The number of hydrogen-bond donors (Lipinski definition) is 0. The van der Waals surface area contributed by atoms with Crippen LogP contribution >= 0.6 is 23.2 Å². The number of aromatic nitrogens is 1. The Kier molecular flexibility index (Phi) is 3.51. The average molecular weight is 304 g/mol. The Morgan fingerprint density at radius 1 is 1.05 bits per heavy atom. The van der Waals surface area contributed by atoms with E-state index < -0.39 is 0 Å². The van der Waals surface area contributed by atoms with Crippen molar-refractivity contribution in [2.24, 2.45) is 0 Å². The largest absolute Gasteiger partial charge is 0.342 e. The predicted octanol–water partition coefficient (Wildman–Crippen LogP) is 4.81. The topological polar surface area (TPSA) is 22.0 Å². The van der Waals surface area contributed by atoms with E-state index in [1.54, 1.807) is 0 Å². The van der Waals surface area contributed by atoms with E-state index in [4.69, 9.17) is 23.2 Å². The van der Waals surface area contributed by atoms with Gasteiger partial charge in [0.25, 0.3) is 0 Å². The first kappa shape index (κ1) is 13.2. The molecule has 2 nitrogen and oxygen atoms in total. The number of nitrogens with zero attached hydrogens (tertiary/aromatic N) is 1. The molecule has 0 aliphatic carbocycles. The minimum atomic E-state index is 0.626. The van der Waals surface area contributed by atoms with Crippen LogP contribution in [0.4, 0.5) is 0 Å². The van der Waals surface area contributed by atoms with Crippen LogP contribution in [-0.4, -0.2) is 10.9 Å². The summed E-state index contributed by atoms with van der Waals surface area (Å²) < 4.78 is 2.03. The van der Waals surface area contributed by atoms with Gasteiger partial charge in [0.15, 0.2) is 6.29 Å². The van der Waals surface area contributed by atoms with Crippen LogP contribution in [0.1, 0.15) is 15.9 Å². The Hall–Kier alpha value is -1.77. The molecule has 0 spiro atoms. The van der Waals surface area contributed by atoms with E-state index in [0.717, 1.165) is 22.8 Å². The molecule has 0 unspecified atom stereocenters. The fourth-order valence-electron chi connectivity index (χ4n) is 2.35. The third-order valence-electron chi connectivity index (χ3n) is 3.24. The van der Waals surface area contributed by atoms with Gasteiger partial charge in [0.05, 0.1) is 0 Å². The molecule has 0 aliphatic rings.